The van der Waals surface area contributed by atoms with Gasteiger partial charge in [0, 0.05) is 28.3 Å². The van der Waals surface area contributed by atoms with Gasteiger partial charge in [0.1, 0.15) is 12.2 Å². The second kappa shape index (κ2) is 11.3. The van der Waals surface area contributed by atoms with Crippen LogP contribution in [0.4, 0.5) is 9.59 Å². The smallest absolute Gasteiger partial charge is 0.404 e. The van der Waals surface area contributed by atoms with Gasteiger partial charge in [-0.1, -0.05) is 19.8 Å². The van der Waals surface area contributed by atoms with Crippen LogP contribution in [-0.2, 0) is 15.2 Å². The van der Waals surface area contributed by atoms with Gasteiger partial charge in [0.2, 0.25) is 0 Å². The van der Waals surface area contributed by atoms with Crippen molar-refractivity contribution in [1.82, 2.24) is 4.98 Å². The monoisotopic (exact) mass is 400 g/mol. The third-order valence-electron chi connectivity index (χ3n) is 3.21. The number of pyridine rings is 1. The molecule has 0 saturated carbocycles. The van der Waals surface area contributed by atoms with Gasteiger partial charge < -0.3 is 15.2 Å². The summed E-state index contributed by atoms with van der Waals surface area (Å²) < 4.78 is 10.3. The molecule has 0 fully saturated rings. The minimum absolute atomic E-state index is 0.155. The van der Waals surface area contributed by atoms with Gasteiger partial charge in [-0.25, -0.2) is 9.59 Å². The first-order valence-electron chi connectivity index (χ1n) is 8.58. The average molecular weight is 401 g/mol. The van der Waals surface area contributed by atoms with E-state index in [0.29, 0.717) is 5.75 Å². The van der Waals surface area contributed by atoms with Crippen molar-refractivity contribution in [3.63, 3.8) is 0 Å². The number of unbranched alkanes of at least 4 members (excludes halogenated alkanes) is 1. The zero-order valence-corrected chi connectivity index (χ0v) is 17.5. The second-order valence-electron chi connectivity index (χ2n) is 6.76. The third-order valence-corrected chi connectivity index (χ3v) is 5.40. The van der Waals surface area contributed by atoms with E-state index in [4.69, 9.17) is 15.2 Å². The van der Waals surface area contributed by atoms with E-state index in [0.717, 1.165) is 41.5 Å². The van der Waals surface area contributed by atoms with Crippen LogP contribution in [0.25, 0.3) is 0 Å². The molecule has 0 aliphatic carbocycles. The molecular formula is C18H28N2O4S2. The molecule has 1 heterocycles. The molecule has 146 valence electrons. The van der Waals surface area contributed by atoms with Crippen LogP contribution in [0.15, 0.2) is 23.4 Å². The highest BCUT2D eigenvalue weighted by molar-refractivity contribution is 8.13. The van der Waals surface area contributed by atoms with Crippen molar-refractivity contribution >= 4 is 34.9 Å². The number of primary amides is 1. The van der Waals surface area contributed by atoms with Gasteiger partial charge in [-0.15, -0.1) is 0 Å². The second-order valence-corrected chi connectivity index (χ2v) is 9.02. The van der Waals surface area contributed by atoms with E-state index in [2.05, 4.69) is 11.9 Å². The van der Waals surface area contributed by atoms with Crippen molar-refractivity contribution in [1.29, 1.82) is 0 Å². The highest BCUT2D eigenvalue weighted by atomic mass is 32.2. The van der Waals surface area contributed by atoms with E-state index in [1.165, 1.54) is 0 Å². The normalized spacial score (nSPS) is 12.5. The van der Waals surface area contributed by atoms with E-state index in [1.807, 2.05) is 26.8 Å². The first-order chi connectivity index (χ1) is 12.2. The van der Waals surface area contributed by atoms with Gasteiger partial charge in [-0.05, 0) is 50.6 Å². The van der Waals surface area contributed by atoms with E-state index in [9.17, 15) is 9.59 Å². The average Bonchev–Trinajstić information content (AvgIpc) is 2.53. The van der Waals surface area contributed by atoms with Gasteiger partial charge >= 0.3 is 11.4 Å². The molecule has 26 heavy (non-hydrogen) atoms. The fourth-order valence-electron chi connectivity index (χ4n) is 2.01. The van der Waals surface area contributed by atoms with E-state index >= 15 is 0 Å². The molecule has 1 unspecified atom stereocenters. The first kappa shape index (κ1) is 22.6. The Morgan fingerprint density at radius 2 is 2.08 bits per heavy atom. The Hall–Kier alpha value is -1.41. The van der Waals surface area contributed by atoms with Crippen LogP contribution in [0.2, 0.25) is 0 Å². The number of thioether (sulfide) groups is 2. The van der Waals surface area contributed by atoms with Gasteiger partial charge in [-0.3, -0.25) is 4.98 Å². The van der Waals surface area contributed by atoms with Gasteiger partial charge in [-0.2, -0.15) is 11.8 Å². The summed E-state index contributed by atoms with van der Waals surface area (Å²) in [5, 5.41) is -0.184. The summed E-state index contributed by atoms with van der Waals surface area (Å²) in [6, 6.07) is 1.81. The molecule has 1 rings (SSSR count). The fourth-order valence-corrected chi connectivity index (χ4v) is 4.10. The predicted molar refractivity (Wildman–Crippen MR) is 106 cm³/mol. The molecule has 0 aliphatic heterocycles. The van der Waals surface area contributed by atoms with Crippen LogP contribution in [0.5, 0.6) is 0 Å². The van der Waals surface area contributed by atoms with Crippen LogP contribution >= 0.6 is 23.5 Å². The largest absolute Gasteiger partial charge is 0.452 e. The zero-order valence-electron chi connectivity index (χ0n) is 15.8. The summed E-state index contributed by atoms with van der Waals surface area (Å²) in [6.45, 7) is 7.92. The van der Waals surface area contributed by atoms with Gasteiger partial charge in [0.05, 0.1) is 0 Å². The molecule has 2 N–H and O–H groups in total. The Labute approximate surface area is 164 Å². The quantitative estimate of drug-likeness (QED) is 0.461. The van der Waals surface area contributed by atoms with Crippen LogP contribution in [-0.4, -0.2) is 33.8 Å². The minimum Gasteiger partial charge on any atom is -0.452 e. The first-order valence-corrected chi connectivity index (χ1v) is 10.5. The molecule has 0 radical (unpaired) electrons. The van der Waals surface area contributed by atoms with Crippen LogP contribution in [0.3, 0.4) is 0 Å². The van der Waals surface area contributed by atoms with Gasteiger partial charge in [0.25, 0.3) is 0 Å². The molecule has 1 aromatic rings. The number of carbonyl (C=O) groups is 2. The number of nitrogens with zero attached hydrogens (tertiary/aromatic N) is 1. The number of aromatic nitrogens is 1. The van der Waals surface area contributed by atoms with Crippen molar-refractivity contribution in [2.75, 3.05) is 6.61 Å². The van der Waals surface area contributed by atoms with Crippen molar-refractivity contribution < 1.29 is 19.1 Å². The Kier molecular flexibility index (Phi) is 9.87. The lowest BCUT2D eigenvalue weighted by molar-refractivity contribution is 0.0738. The Bertz CT molecular complexity index is 591. The summed E-state index contributed by atoms with van der Waals surface area (Å²) in [7, 11) is 0. The molecule has 6 nitrogen and oxygen atoms in total. The summed E-state index contributed by atoms with van der Waals surface area (Å²) in [5.74, 6) is 0.662. The maximum atomic E-state index is 12.1. The lowest BCUT2D eigenvalue weighted by Crippen LogP contribution is -2.21. The third kappa shape index (κ3) is 9.91. The predicted octanol–water partition coefficient (Wildman–Crippen LogP) is 5.00. The molecule has 1 aromatic heterocycles. The number of amides is 1. The maximum absolute atomic E-state index is 12.1. The van der Waals surface area contributed by atoms with Crippen LogP contribution in [0, 0.1) is 0 Å². The number of rotatable bonds is 9. The molecular weight excluding hydrogens is 372 g/mol. The topological polar surface area (TPSA) is 91.5 Å². The molecule has 0 aromatic carbocycles. The van der Waals surface area contributed by atoms with Crippen molar-refractivity contribution in [2.24, 2.45) is 5.73 Å². The number of carbonyl (C=O) groups excluding carboxylic acids is 2. The fraction of sp³-hybridized carbons (Fsp3) is 0.611. The zero-order chi connectivity index (χ0) is 19.6. The molecule has 1 atom stereocenters. The molecule has 0 aliphatic rings. The van der Waals surface area contributed by atoms with Crippen LogP contribution < -0.4 is 5.73 Å². The molecule has 0 saturated heterocycles. The standard InChI is InChI=1S/C18H28N2O4S2/c1-5-6-7-14(11-23-16(19)21)25-12-13-10-20-9-8-15(13)26-17(22)24-18(2,3)4/h8-10,14H,5-7,11-12H2,1-4H3,(H2,19,21). The lowest BCUT2D eigenvalue weighted by Gasteiger charge is -2.19. The highest BCUT2D eigenvalue weighted by Crippen LogP contribution is 2.30. The number of nitrogens with two attached hydrogens (primary N) is 1. The summed E-state index contributed by atoms with van der Waals surface area (Å²) in [6.07, 6.45) is 5.71. The molecule has 0 spiro atoms. The highest BCUT2D eigenvalue weighted by Gasteiger charge is 2.19. The Balaban J connectivity index is 2.69. The van der Waals surface area contributed by atoms with Crippen molar-refractivity contribution in [3.05, 3.63) is 24.0 Å². The van der Waals surface area contributed by atoms with Crippen molar-refractivity contribution in [2.45, 2.75) is 68.5 Å². The summed E-state index contributed by atoms with van der Waals surface area (Å²) in [4.78, 5) is 27.9. The minimum atomic E-state index is -0.755. The van der Waals surface area contributed by atoms with E-state index in [1.54, 1.807) is 24.2 Å². The Morgan fingerprint density at radius 3 is 2.69 bits per heavy atom. The van der Waals surface area contributed by atoms with E-state index < -0.39 is 11.7 Å². The Morgan fingerprint density at radius 1 is 1.35 bits per heavy atom. The SMILES string of the molecule is CCCCC(COC(N)=O)SCc1cnccc1SC(=O)OC(C)(C)C. The maximum Gasteiger partial charge on any atom is 0.404 e. The number of hydrogen-bond donors (Lipinski definition) is 1. The molecule has 8 heteroatoms. The molecule has 1 amide bonds. The summed E-state index contributed by atoms with van der Waals surface area (Å²) in [5.41, 5.74) is 5.50. The molecule has 0 bridgehead atoms. The van der Waals surface area contributed by atoms with Crippen LogP contribution in [0.1, 0.15) is 52.5 Å². The number of hydrogen-bond acceptors (Lipinski definition) is 7. The van der Waals surface area contributed by atoms with Gasteiger partial charge in [0.15, 0.2) is 0 Å². The van der Waals surface area contributed by atoms with Crippen molar-refractivity contribution in [3.8, 4) is 0 Å². The number of ether oxygens (including phenoxy) is 2. The summed E-state index contributed by atoms with van der Waals surface area (Å²) >= 11 is 2.74. The van der Waals surface area contributed by atoms with E-state index in [-0.39, 0.29) is 17.2 Å². The lowest BCUT2D eigenvalue weighted by atomic mass is 10.2.